The van der Waals surface area contributed by atoms with Gasteiger partial charge < -0.3 is 14.6 Å². The quantitative estimate of drug-likeness (QED) is 0.155. The minimum Gasteiger partial charge on any atom is -0.395 e. The molecular weight excluding hydrogens is 550 g/mol. The Balaban J connectivity index is 1.83. The van der Waals surface area contributed by atoms with E-state index in [4.69, 9.17) is 4.98 Å². The smallest absolute Gasteiger partial charge is 0.332 e. The third kappa shape index (κ3) is 7.83. The lowest BCUT2D eigenvalue weighted by atomic mass is 10.1. The minimum absolute atomic E-state index is 0.00404. The third-order valence-corrected chi connectivity index (χ3v) is 7.66. The minimum atomic E-state index is -0.442. The first-order valence-electron chi connectivity index (χ1n) is 14.7. The van der Waals surface area contributed by atoms with Gasteiger partial charge in [0.2, 0.25) is 0 Å². The van der Waals surface area contributed by atoms with E-state index >= 15 is 0 Å². The van der Waals surface area contributed by atoms with E-state index in [-0.39, 0.29) is 30.9 Å². The van der Waals surface area contributed by atoms with Crippen molar-refractivity contribution in [3.8, 4) is 0 Å². The standard InChI is InChI=1S/C31H41N7O5/c1-4-34(21-22-39)19-20-35-27(23-25-9-6-5-7-10-25)32-29-28(35)30(40)37(17-8-16-33(2)3)31(41)36(29)18-15-24-11-13-26(14-12-24)38(42)43/h5-7,9-14,39H,4,8,15-23H2,1-3H3. The second-order valence-corrected chi connectivity index (χ2v) is 10.9. The van der Waals surface area contributed by atoms with Crippen molar-refractivity contribution in [1.82, 2.24) is 28.5 Å². The predicted molar refractivity (Wildman–Crippen MR) is 167 cm³/mol. The maximum absolute atomic E-state index is 14.0. The molecule has 0 atom stereocenters. The van der Waals surface area contributed by atoms with Crippen LogP contribution in [0.1, 0.15) is 30.3 Å². The number of imidazole rings is 1. The molecule has 0 bridgehead atoms. The number of likely N-dealkylation sites (N-methyl/N-ethyl adjacent to an activating group) is 1. The van der Waals surface area contributed by atoms with Crippen LogP contribution in [0.2, 0.25) is 0 Å². The van der Waals surface area contributed by atoms with Crippen LogP contribution in [0.3, 0.4) is 0 Å². The van der Waals surface area contributed by atoms with E-state index in [0.29, 0.717) is 55.9 Å². The molecule has 0 radical (unpaired) electrons. The molecule has 0 fully saturated rings. The largest absolute Gasteiger partial charge is 0.395 e. The van der Waals surface area contributed by atoms with Gasteiger partial charge >= 0.3 is 5.69 Å². The number of aliphatic hydroxyl groups excluding tert-OH is 1. The van der Waals surface area contributed by atoms with Crippen molar-refractivity contribution in [3.63, 3.8) is 0 Å². The number of hydrogen-bond donors (Lipinski definition) is 1. The highest BCUT2D eigenvalue weighted by atomic mass is 16.6. The molecular formula is C31H41N7O5. The third-order valence-electron chi connectivity index (χ3n) is 7.66. The van der Waals surface area contributed by atoms with E-state index in [0.717, 1.165) is 24.2 Å². The Hall–Kier alpha value is -4.13. The first-order valence-corrected chi connectivity index (χ1v) is 14.7. The van der Waals surface area contributed by atoms with Gasteiger partial charge in [-0.15, -0.1) is 0 Å². The molecule has 4 rings (SSSR count). The number of non-ortho nitro benzene ring substituents is 1. The molecule has 0 unspecified atom stereocenters. The maximum atomic E-state index is 14.0. The highest BCUT2D eigenvalue weighted by molar-refractivity contribution is 5.71. The molecule has 2 aromatic heterocycles. The molecule has 0 saturated heterocycles. The number of aliphatic hydroxyl groups is 1. The summed E-state index contributed by atoms with van der Waals surface area (Å²) in [5, 5.41) is 20.6. The highest BCUT2D eigenvalue weighted by Gasteiger charge is 2.22. The second-order valence-electron chi connectivity index (χ2n) is 10.9. The highest BCUT2D eigenvalue weighted by Crippen LogP contribution is 2.18. The van der Waals surface area contributed by atoms with E-state index in [1.54, 1.807) is 16.7 Å². The Labute approximate surface area is 250 Å². The molecule has 0 amide bonds. The van der Waals surface area contributed by atoms with E-state index < -0.39 is 10.6 Å². The van der Waals surface area contributed by atoms with Gasteiger partial charge in [-0.05, 0) is 51.2 Å². The van der Waals surface area contributed by atoms with Crippen LogP contribution in [0.4, 0.5) is 5.69 Å². The molecule has 0 aliphatic rings. The molecule has 0 aliphatic carbocycles. The Bertz CT molecular complexity index is 1630. The fourth-order valence-electron chi connectivity index (χ4n) is 5.27. The summed E-state index contributed by atoms with van der Waals surface area (Å²) in [6.07, 6.45) is 1.54. The van der Waals surface area contributed by atoms with Gasteiger partial charge in [0.1, 0.15) is 5.82 Å². The normalized spacial score (nSPS) is 11.7. The number of nitrogens with zero attached hydrogens (tertiary/aromatic N) is 7. The van der Waals surface area contributed by atoms with Crippen molar-refractivity contribution >= 4 is 16.9 Å². The molecule has 2 heterocycles. The van der Waals surface area contributed by atoms with Gasteiger partial charge in [0.05, 0.1) is 11.5 Å². The number of hydrogen-bond acceptors (Lipinski definition) is 8. The van der Waals surface area contributed by atoms with Crippen molar-refractivity contribution in [2.75, 3.05) is 46.9 Å². The van der Waals surface area contributed by atoms with Gasteiger partial charge in [-0.25, -0.2) is 9.78 Å². The molecule has 230 valence electrons. The summed E-state index contributed by atoms with van der Waals surface area (Å²) in [7, 11) is 3.90. The summed E-state index contributed by atoms with van der Waals surface area (Å²) in [6.45, 7) is 5.66. The molecule has 1 N–H and O–H groups in total. The number of aromatic nitrogens is 4. The molecule has 2 aromatic carbocycles. The van der Waals surface area contributed by atoms with Gasteiger partial charge in [0.15, 0.2) is 11.2 Å². The van der Waals surface area contributed by atoms with E-state index in [2.05, 4.69) is 4.90 Å². The summed E-state index contributed by atoms with van der Waals surface area (Å²) in [5.74, 6) is 0.688. The molecule has 0 aliphatic heterocycles. The van der Waals surface area contributed by atoms with Gasteiger partial charge in [-0.1, -0.05) is 49.4 Å². The lowest BCUT2D eigenvalue weighted by Crippen LogP contribution is -2.41. The first-order chi connectivity index (χ1) is 20.7. The summed E-state index contributed by atoms with van der Waals surface area (Å²) in [5.41, 5.74) is 1.84. The van der Waals surface area contributed by atoms with Crippen molar-refractivity contribution in [2.45, 2.75) is 45.8 Å². The van der Waals surface area contributed by atoms with Crippen molar-refractivity contribution in [3.05, 3.63) is 103 Å². The lowest BCUT2D eigenvalue weighted by Gasteiger charge is -2.20. The lowest BCUT2D eigenvalue weighted by molar-refractivity contribution is -0.384. The molecule has 43 heavy (non-hydrogen) atoms. The van der Waals surface area contributed by atoms with Gasteiger partial charge in [0.25, 0.3) is 11.2 Å². The fraction of sp³-hybridized carbons (Fsp3) is 0.452. The number of nitro groups is 1. The maximum Gasteiger partial charge on any atom is 0.332 e. The molecule has 12 heteroatoms. The predicted octanol–water partition coefficient (Wildman–Crippen LogP) is 2.37. The van der Waals surface area contributed by atoms with Crippen LogP contribution in [0.15, 0.2) is 64.2 Å². The molecule has 0 spiro atoms. The number of benzene rings is 2. The molecule has 12 nitrogen and oxygen atoms in total. The van der Waals surface area contributed by atoms with Crippen LogP contribution in [0.5, 0.6) is 0 Å². The van der Waals surface area contributed by atoms with E-state index in [1.165, 1.54) is 16.7 Å². The van der Waals surface area contributed by atoms with Crippen molar-refractivity contribution in [1.29, 1.82) is 0 Å². The molecule has 4 aromatic rings. The number of fused-ring (bicyclic) bond motifs is 1. The summed E-state index contributed by atoms with van der Waals surface area (Å²) < 4.78 is 4.83. The fourth-order valence-corrected chi connectivity index (χ4v) is 5.27. The van der Waals surface area contributed by atoms with E-state index in [9.17, 15) is 24.8 Å². The van der Waals surface area contributed by atoms with Crippen LogP contribution in [-0.4, -0.2) is 85.4 Å². The van der Waals surface area contributed by atoms with Crippen molar-refractivity contribution < 1.29 is 10.0 Å². The average molecular weight is 592 g/mol. The van der Waals surface area contributed by atoms with Crippen LogP contribution in [0.25, 0.3) is 11.2 Å². The average Bonchev–Trinajstić information content (AvgIpc) is 3.35. The number of rotatable bonds is 16. The molecule has 0 saturated carbocycles. The van der Waals surface area contributed by atoms with Crippen LogP contribution in [-0.2, 0) is 32.5 Å². The van der Waals surface area contributed by atoms with Crippen molar-refractivity contribution in [2.24, 2.45) is 0 Å². The number of nitro benzene ring substituents is 1. The van der Waals surface area contributed by atoms with Crippen LogP contribution < -0.4 is 11.2 Å². The Morgan fingerprint density at radius 2 is 1.60 bits per heavy atom. The zero-order valence-electron chi connectivity index (χ0n) is 25.2. The van der Waals surface area contributed by atoms with Gasteiger partial charge in [-0.3, -0.25) is 28.9 Å². The zero-order valence-corrected chi connectivity index (χ0v) is 25.2. The Morgan fingerprint density at radius 3 is 2.23 bits per heavy atom. The Morgan fingerprint density at radius 1 is 0.884 bits per heavy atom. The number of aryl methyl sites for hydroxylation is 2. The van der Waals surface area contributed by atoms with Crippen LogP contribution in [0, 0.1) is 10.1 Å². The monoisotopic (exact) mass is 591 g/mol. The topological polar surface area (TPSA) is 132 Å². The van der Waals surface area contributed by atoms with Crippen LogP contribution >= 0.6 is 0 Å². The first kappa shape index (κ1) is 31.8. The summed E-state index contributed by atoms with van der Waals surface area (Å²) in [6, 6.07) is 16.2. The zero-order chi connectivity index (χ0) is 30.9. The summed E-state index contributed by atoms with van der Waals surface area (Å²) in [4.78, 5) is 47.6. The van der Waals surface area contributed by atoms with Gasteiger partial charge in [-0.2, -0.15) is 0 Å². The SMILES string of the molecule is CCN(CCO)CCn1c(Cc2ccccc2)nc2c1c(=O)n(CCCN(C)C)c(=O)n2CCc1ccc([N+](=O)[O-])cc1. The Kier molecular flexibility index (Phi) is 11.0. The van der Waals surface area contributed by atoms with Gasteiger partial charge in [0, 0.05) is 51.3 Å². The van der Waals surface area contributed by atoms with E-state index in [1.807, 2.05) is 60.8 Å². The second kappa shape index (κ2) is 14.9. The summed E-state index contributed by atoms with van der Waals surface area (Å²) >= 11 is 0.